The number of hydrogen-bond acceptors (Lipinski definition) is 1. The van der Waals surface area contributed by atoms with Crippen LogP contribution in [0.4, 0.5) is 0 Å². The van der Waals surface area contributed by atoms with Crippen LogP contribution in [0, 0.1) is 12.5 Å². The van der Waals surface area contributed by atoms with Gasteiger partial charge in [0.15, 0.2) is 0 Å². The van der Waals surface area contributed by atoms with Gasteiger partial charge < -0.3 is 11.2 Å². The van der Waals surface area contributed by atoms with Gasteiger partial charge in [-0.2, -0.15) is 0 Å². The second-order valence-electron chi connectivity index (χ2n) is 2.32. The van der Waals surface area contributed by atoms with E-state index in [9.17, 15) is 0 Å². The van der Waals surface area contributed by atoms with E-state index >= 15 is 0 Å². The van der Waals surface area contributed by atoms with Crippen molar-refractivity contribution in [3.63, 3.8) is 0 Å². The molecule has 0 bridgehead atoms. The quantitative estimate of drug-likeness (QED) is 0.203. The molecule has 8 heavy (non-hydrogen) atoms. The van der Waals surface area contributed by atoms with Crippen LogP contribution < -0.4 is 18.9 Å². The molecule has 0 atom stereocenters. The molecule has 0 fully saturated rings. The summed E-state index contributed by atoms with van der Waals surface area (Å²) in [5, 5.41) is 0. The summed E-state index contributed by atoms with van der Waals surface area (Å²) in [6, 6.07) is 0. The van der Waals surface area contributed by atoms with Crippen LogP contribution in [0.2, 0.25) is 0 Å². The summed E-state index contributed by atoms with van der Waals surface area (Å²) in [5.41, 5.74) is -0.248. The van der Waals surface area contributed by atoms with E-state index in [2.05, 4.69) is 4.74 Å². The van der Waals surface area contributed by atoms with E-state index in [-0.39, 0.29) is 24.5 Å². The molecule has 0 aromatic rings. The molecule has 0 heterocycles. The van der Waals surface area contributed by atoms with Gasteiger partial charge in [0.05, 0.1) is 0 Å². The fraction of sp³-hybridized carbons (Fsp3) is 0.667. The third-order valence-corrected chi connectivity index (χ3v) is 0.357. The Balaban J connectivity index is 0. The van der Waals surface area contributed by atoms with Crippen molar-refractivity contribution in [3.8, 4) is 6.11 Å². The Kier molecular flexibility index (Phi) is 5.29. The molecule has 0 aliphatic rings. The van der Waals surface area contributed by atoms with Crippen LogP contribution >= 0.6 is 0 Å². The molecular weight excluding hydrogens is 95.0 g/mol. The fourth-order valence-electron chi connectivity index (χ4n) is 0.153. The van der Waals surface area contributed by atoms with Crippen molar-refractivity contribution >= 4 is 0 Å². The maximum Gasteiger partial charge on any atom is 1.00 e. The Labute approximate surface area is 63.0 Å². The minimum Gasteiger partial charge on any atom is -0.648 e. The van der Waals surface area contributed by atoms with Crippen LogP contribution in [0.1, 0.15) is 20.8 Å². The molecule has 2 heteroatoms. The number of ether oxygens (including phenoxy) is 1. The van der Waals surface area contributed by atoms with Crippen LogP contribution in [0.15, 0.2) is 0 Å². The molecule has 0 spiro atoms. The summed E-state index contributed by atoms with van der Waals surface area (Å²) in [6.45, 7) is 5.61. The van der Waals surface area contributed by atoms with Gasteiger partial charge in [-0.25, -0.2) is 0 Å². The van der Waals surface area contributed by atoms with Crippen molar-refractivity contribution < 1.29 is 23.6 Å². The van der Waals surface area contributed by atoms with E-state index in [1.165, 1.54) is 0 Å². The van der Waals surface area contributed by atoms with Crippen LogP contribution in [-0.4, -0.2) is 5.60 Å². The maximum absolute atomic E-state index is 6.39. The van der Waals surface area contributed by atoms with Gasteiger partial charge in [-0.1, -0.05) is 0 Å². The molecule has 0 aromatic carbocycles. The van der Waals surface area contributed by atoms with Crippen LogP contribution in [0.5, 0.6) is 0 Å². The van der Waals surface area contributed by atoms with Gasteiger partial charge >= 0.3 is 18.9 Å². The second-order valence-corrected chi connectivity index (χ2v) is 2.32. The molecule has 0 rings (SSSR count). The van der Waals surface area contributed by atoms with Crippen molar-refractivity contribution in [1.82, 2.24) is 0 Å². The van der Waals surface area contributed by atoms with E-state index in [0.717, 1.165) is 0 Å². The third kappa shape index (κ3) is 9.35. The number of rotatable bonds is 0. The van der Waals surface area contributed by atoms with E-state index in [1.807, 2.05) is 26.9 Å². The first-order valence-electron chi connectivity index (χ1n) is 2.16. The van der Waals surface area contributed by atoms with Crippen molar-refractivity contribution in [2.24, 2.45) is 0 Å². The summed E-state index contributed by atoms with van der Waals surface area (Å²) in [4.78, 5) is 0. The monoisotopic (exact) mass is 104 g/mol. The van der Waals surface area contributed by atoms with Gasteiger partial charge in [0, 0.05) is 0 Å². The molecule has 0 amide bonds. The summed E-state index contributed by atoms with van der Waals surface area (Å²) in [6.07, 6.45) is 8.24. The molecule has 0 saturated carbocycles. The van der Waals surface area contributed by atoms with Crippen LogP contribution in [0.3, 0.4) is 0 Å². The zero-order chi connectivity index (χ0) is 5.91. The van der Waals surface area contributed by atoms with Gasteiger partial charge in [0.1, 0.15) is 5.60 Å². The van der Waals surface area contributed by atoms with Crippen LogP contribution in [0.25, 0.3) is 0 Å². The van der Waals surface area contributed by atoms with Crippen LogP contribution in [-0.2, 0) is 4.74 Å². The first-order valence-corrected chi connectivity index (χ1v) is 2.16. The molecule has 0 radical (unpaired) electrons. The molecule has 0 aliphatic carbocycles. The first kappa shape index (κ1) is 10.9. The minimum absolute atomic E-state index is 0. The Hall–Kier alpha value is -0.0426. The molecular formula is C6H9LiO. The minimum atomic E-state index is -0.248. The van der Waals surface area contributed by atoms with E-state index in [0.29, 0.717) is 0 Å². The third-order valence-electron chi connectivity index (χ3n) is 0.357. The van der Waals surface area contributed by atoms with Crippen molar-refractivity contribution in [3.05, 3.63) is 6.42 Å². The normalized spacial score (nSPS) is 8.75. The second kappa shape index (κ2) is 3.90. The van der Waals surface area contributed by atoms with Crippen molar-refractivity contribution in [2.75, 3.05) is 0 Å². The molecule has 0 saturated heterocycles. The summed E-state index contributed by atoms with van der Waals surface area (Å²) >= 11 is 0. The Bertz CT molecular complexity index is 85.7. The predicted molar refractivity (Wildman–Crippen MR) is 28.0 cm³/mol. The smallest absolute Gasteiger partial charge is 0.648 e. The van der Waals surface area contributed by atoms with Gasteiger partial charge in [0.2, 0.25) is 0 Å². The zero-order valence-corrected chi connectivity index (χ0v) is 5.91. The van der Waals surface area contributed by atoms with E-state index < -0.39 is 0 Å². The molecule has 0 unspecified atom stereocenters. The summed E-state index contributed by atoms with van der Waals surface area (Å²) in [5.74, 6) is 0. The molecule has 40 valence electrons. The first-order chi connectivity index (χ1) is 3.06. The summed E-state index contributed by atoms with van der Waals surface area (Å²) < 4.78 is 4.65. The van der Waals surface area contributed by atoms with Gasteiger partial charge in [-0.05, 0) is 20.8 Å². The summed E-state index contributed by atoms with van der Waals surface area (Å²) in [7, 11) is 0. The Morgan fingerprint density at radius 1 is 1.38 bits per heavy atom. The Morgan fingerprint density at radius 2 is 1.75 bits per heavy atom. The Morgan fingerprint density at radius 3 is 1.75 bits per heavy atom. The van der Waals surface area contributed by atoms with Crippen molar-refractivity contribution in [1.29, 1.82) is 0 Å². The van der Waals surface area contributed by atoms with Gasteiger partial charge in [-0.3, -0.25) is 0 Å². The molecule has 0 aliphatic heterocycles. The molecule has 0 aromatic heterocycles. The van der Waals surface area contributed by atoms with E-state index in [4.69, 9.17) is 6.42 Å². The fourth-order valence-corrected chi connectivity index (χ4v) is 0.153. The molecule has 0 N–H and O–H groups in total. The standard InChI is InChI=1S/C6H9O.Li/c1-5-7-6(2,3)4;/h2-4H3;/q-1;+1. The topological polar surface area (TPSA) is 9.23 Å². The largest absolute Gasteiger partial charge is 1.00 e. The maximum atomic E-state index is 6.39. The predicted octanol–water partition coefficient (Wildman–Crippen LogP) is -1.65. The van der Waals surface area contributed by atoms with Crippen molar-refractivity contribution in [2.45, 2.75) is 26.4 Å². The van der Waals surface area contributed by atoms with E-state index in [1.54, 1.807) is 0 Å². The SMILES string of the molecule is [C-]#COC(C)(C)C.[Li+]. The van der Waals surface area contributed by atoms with Gasteiger partial charge in [-0.15, -0.1) is 6.11 Å². The average Bonchev–Trinajstić information content (AvgIpc) is 1.30. The van der Waals surface area contributed by atoms with Gasteiger partial charge in [0.25, 0.3) is 0 Å². The molecule has 1 nitrogen and oxygen atoms in total. The average molecular weight is 104 g/mol. The zero-order valence-electron chi connectivity index (χ0n) is 5.91. The number of hydrogen-bond donors (Lipinski definition) is 0.